The predicted molar refractivity (Wildman–Crippen MR) is 120 cm³/mol. The van der Waals surface area contributed by atoms with Crippen LogP contribution in [-0.4, -0.2) is 21.2 Å². The molecular weight excluding hydrogens is 382 g/mol. The molecule has 0 fully saturated rings. The number of anilines is 3. The van der Waals surface area contributed by atoms with E-state index in [9.17, 15) is 0 Å². The first-order chi connectivity index (χ1) is 14.2. The highest BCUT2D eigenvalue weighted by molar-refractivity contribution is 7.17. The van der Waals surface area contributed by atoms with Gasteiger partial charge < -0.3 is 21.8 Å². The number of nitrogens with zero attached hydrogens (tertiary/aromatic N) is 3. The third-order valence-electron chi connectivity index (χ3n) is 4.58. The maximum atomic E-state index is 7.90. The van der Waals surface area contributed by atoms with E-state index in [0.717, 1.165) is 44.1 Å². The molecule has 146 valence electrons. The van der Waals surface area contributed by atoms with E-state index in [2.05, 4.69) is 25.6 Å². The number of aryl methyl sites for hydroxylation is 1. The molecule has 0 bridgehead atoms. The molecule has 0 saturated heterocycles. The van der Waals surface area contributed by atoms with E-state index in [1.165, 1.54) is 12.5 Å². The van der Waals surface area contributed by atoms with Crippen LogP contribution in [-0.2, 0) is 13.1 Å². The number of rotatable bonds is 7. The molecule has 4 aromatic rings. The van der Waals surface area contributed by atoms with Crippen LogP contribution >= 0.6 is 11.3 Å². The molecule has 0 aliphatic heterocycles. The minimum Gasteiger partial charge on any atom is -0.382 e. The Morgan fingerprint density at radius 2 is 1.83 bits per heavy atom. The zero-order chi connectivity index (χ0) is 20.2. The Labute approximate surface area is 172 Å². The van der Waals surface area contributed by atoms with E-state index in [1.807, 2.05) is 48.7 Å². The molecule has 4 rings (SSSR count). The third kappa shape index (κ3) is 4.02. The summed E-state index contributed by atoms with van der Waals surface area (Å²) in [6.45, 7) is 3.15. The van der Waals surface area contributed by atoms with Crippen molar-refractivity contribution in [1.29, 1.82) is 5.41 Å². The number of fused-ring (bicyclic) bond motifs is 1. The summed E-state index contributed by atoms with van der Waals surface area (Å²) in [4.78, 5) is 12.9. The maximum Gasteiger partial charge on any atom is 0.144 e. The molecule has 1 aromatic carbocycles. The fourth-order valence-corrected chi connectivity index (χ4v) is 4.07. The minimum absolute atomic E-state index is 0.502. The molecule has 0 aliphatic rings. The topological polar surface area (TPSA) is 113 Å². The average molecular weight is 404 g/mol. The molecule has 0 amide bonds. The first-order valence-corrected chi connectivity index (χ1v) is 10.0. The lowest BCUT2D eigenvalue weighted by atomic mass is 10.1. The first kappa shape index (κ1) is 18.8. The van der Waals surface area contributed by atoms with E-state index >= 15 is 0 Å². The SMILES string of the molecule is Cc1cccc(CNc2cccc(NCc3csc4c(N)ncnc34)c2C=N)n1. The summed E-state index contributed by atoms with van der Waals surface area (Å²) in [6, 6.07) is 11.9. The summed E-state index contributed by atoms with van der Waals surface area (Å²) in [5.74, 6) is 0.502. The number of nitrogens with one attached hydrogen (secondary N) is 3. The Bertz CT molecular complexity index is 1170. The summed E-state index contributed by atoms with van der Waals surface area (Å²) in [7, 11) is 0. The highest BCUT2D eigenvalue weighted by Gasteiger charge is 2.11. The predicted octanol–water partition coefficient (Wildman–Crippen LogP) is 4.20. The molecule has 0 spiro atoms. The molecule has 3 heterocycles. The van der Waals surface area contributed by atoms with Crippen molar-refractivity contribution in [2.45, 2.75) is 20.0 Å². The Morgan fingerprint density at radius 1 is 1.07 bits per heavy atom. The fourth-order valence-electron chi connectivity index (χ4n) is 3.15. The molecule has 5 N–H and O–H groups in total. The zero-order valence-electron chi connectivity index (χ0n) is 15.9. The van der Waals surface area contributed by atoms with Crippen LogP contribution in [0, 0.1) is 12.3 Å². The molecule has 8 heteroatoms. The fraction of sp³-hybridized carbons (Fsp3) is 0.143. The van der Waals surface area contributed by atoms with Gasteiger partial charge in [-0.2, -0.15) is 0 Å². The first-order valence-electron chi connectivity index (χ1n) is 9.16. The molecule has 0 radical (unpaired) electrons. The lowest BCUT2D eigenvalue weighted by molar-refractivity contribution is 1.01. The summed E-state index contributed by atoms with van der Waals surface area (Å²) >= 11 is 1.54. The van der Waals surface area contributed by atoms with Crippen molar-refractivity contribution >= 4 is 45.0 Å². The van der Waals surface area contributed by atoms with E-state index in [4.69, 9.17) is 11.1 Å². The van der Waals surface area contributed by atoms with Gasteiger partial charge in [0.05, 0.1) is 22.5 Å². The van der Waals surface area contributed by atoms with Gasteiger partial charge in [-0.1, -0.05) is 12.1 Å². The van der Waals surface area contributed by atoms with Crippen LogP contribution < -0.4 is 16.4 Å². The van der Waals surface area contributed by atoms with E-state index < -0.39 is 0 Å². The molecule has 0 saturated carbocycles. The maximum absolute atomic E-state index is 7.90. The second-order valence-electron chi connectivity index (χ2n) is 6.59. The van der Waals surface area contributed by atoms with Crippen LogP contribution in [0.4, 0.5) is 17.2 Å². The van der Waals surface area contributed by atoms with Gasteiger partial charge in [-0.3, -0.25) is 4.98 Å². The van der Waals surface area contributed by atoms with Gasteiger partial charge in [-0.25, -0.2) is 9.97 Å². The van der Waals surface area contributed by atoms with E-state index in [1.54, 1.807) is 11.3 Å². The Balaban J connectivity index is 1.52. The quantitative estimate of drug-likeness (QED) is 0.344. The van der Waals surface area contributed by atoms with Crippen LogP contribution in [0.1, 0.15) is 22.5 Å². The van der Waals surface area contributed by atoms with Crippen LogP contribution in [0.5, 0.6) is 0 Å². The molecule has 3 aromatic heterocycles. The summed E-state index contributed by atoms with van der Waals surface area (Å²) in [5.41, 5.74) is 12.4. The van der Waals surface area contributed by atoms with Crippen molar-refractivity contribution in [2.75, 3.05) is 16.4 Å². The van der Waals surface area contributed by atoms with Crippen LogP contribution in [0.25, 0.3) is 10.2 Å². The second kappa shape index (κ2) is 8.24. The molecule has 7 nitrogen and oxygen atoms in total. The van der Waals surface area contributed by atoms with Crippen molar-refractivity contribution in [3.63, 3.8) is 0 Å². The number of hydrogen-bond donors (Lipinski definition) is 4. The van der Waals surface area contributed by atoms with Crippen LogP contribution in [0.2, 0.25) is 0 Å². The third-order valence-corrected chi connectivity index (χ3v) is 5.62. The Hall–Kier alpha value is -3.52. The number of hydrogen-bond acceptors (Lipinski definition) is 8. The van der Waals surface area contributed by atoms with Gasteiger partial charge >= 0.3 is 0 Å². The second-order valence-corrected chi connectivity index (χ2v) is 7.47. The number of pyridine rings is 1. The van der Waals surface area contributed by atoms with E-state index in [-0.39, 0.29) is 0 Å². The number of benzene rings is 1. The van der Waals surface area contributed by atoms with Gasteiger partial charge in [0, 0.05) is 41.0 Å². The van der Waals surface area contributed by atoms with Crippen LogP contribution in [0.15, 0.2) is 48.1 Å². The van der Waals surface area contributed by atoms with E-state index in [0.29, 0.717) is 18.9 Å². The van der Waals surface area contributed by atoms with Crippen LogP contribution in [0.3, 0.4) is 0 Å². The molecule has 0 atom stereocenters. The number of thiophene rings is 1. The summed E-state index contributed by atoms with van der Waals surface area (Å²) in [5, 5.41) is 16.8. The van der Waals surface area contributed by atoms with Crippen molar-refractivity contribution in [3.05, 3.63) is 70.6 Å². The van der Waals surface area contributed by atoms with Gasteiger partial charge in [-0.05, 0) is 36.6 Å². The molecule has 0 unspecified atom stereocenters. The molecule has 29 heavy (non-hydrogen) atoms. The standard InChI is InChI=1S/C21H21N7S/c1-13-4-2-5-15(28-13)10-25-18-7-3-6-17(16(18)8-22)24-9-14-11-29-20-19(14)26-12-27-21(20)23/h2-8,11-12,22,24-25H,9-10H2,1H3,(H2,23,26,27). The van der Waals surface area contributed by atoms with Gasteiger partial charge in [0.25, 0.3) is 0 Å². The van der Waals surface area contributed by atoms with Crippen molar-refractivity contribution in [3.8, 4) is 0 Å². The van der Waals surface area contributed by atoms with Gasteiger partial charge in [0.2, 0.25) is 0 Å². The normalized spacial score (nSPS) is 10.8. The highest BCUT2D eigenvalue weighted by Crippen LogP contribution is 2.29. The zero-order valence-corrected chi connectivity index (χ0v) is 16.8. The molecule has 0 aliphatic carbocycles. The van der Waals surface area contributed by atoms with Gasteiger partial charge in [-0.15, -0.1) is 11.3 Å². The Kier molecular flexibility index (Phi) is 5.35. The number of aromatic nitrogens is 3. The van der Waals surface area contributed by atoms with Crippen molar-refractivity contribution < 1.29 is 0 Å². The lowest BCUT2D eigenvalue weighted by Gasteiger charge is -2.14. The smallest absolute Gasteiger partial charge is 0.144 e. The average Bonchev–Trinajstić information content (AvgIpc) is 3.15. The lowest BCUT2D eigenvalue weighted by Crippen LogP contribution is -2.07. The number of nitrogen functional groups attached to an aromatic ring is 1. The summed E-state index contributed by atoms with van der Waals surface area (Å²) in [6.07, 6.45) is 2.85. The van der Waals surface area contributed by atoms with Crippen molar-refractivity contribution in [1.82, 2.24) is 15.0 Å². The highest BCUT2D eigenvalue weighted by atomic mass is 32.1. The summed E-state index contributed by atoms with van der Waals surface area (Å²) < 4.78 is 0.901. The molecular formula is C21H21N7S. The Morgan fingerprint density at radius 3 is 2.59 bits per heavy atom. The number of nitrogens with two attached hydrogens (primary N) is 1. The van der Waals surface area contributed by atoms with Crippen molar-refractivity contribution in [2.24, 2.45) is 0 Å². The monoisotopic (exact) mass is 403 g/mol. The largest absolute Gasteiger partial charge is 0.382 e. The van der Waals surface area contributed by atoms with Gasteiger partial charge in [0.1, 0.15) is 12.1 Å². The van der Waals surface area contributed by atoms with Gasteiger partial charge in [0.15, 0.2) is 0 Å². The minimum atomic E-state index is 0.502.